The van der Waals surface area contributed by atoms with Gasteiger partial charge in [-0.15, -0.1) is 11.3 Å². The van der Waals surface area contributed by atoms with Gasteiger partial charge in [-0.3, -0.25) is 4.79 Å². The maximum Gasteiger partial charge on any atom is 0.336 e. The maximum absolute atomic E-state index is 12.3. The summed E-state index contributed by atoms with van der Waals surface area (Å²) in [6.07, 6.45) is 0. The lowest BCUT2D eigenvalue weighted by atomic mass is 10.0. The SMILES string of the molecule is O=C(O)c1ccccc1C(=O)c1scc(Br)c1Br. The molecule has 0 spiro atoms. The first-order chi connectivity index (χ1) is 8.52. The summed E-state index contributed by atoms with van der Waals surface area (Å²) >= 11 is 7.87. The van der Waals surface area contributed by atoms with Crippen molar-refractivity contribution in [1.82, 2.24) is 0 Å². The lowest BCUT2D eigenvalue weighted by Crippen LogP contribution is -2.08. The van der Waals surface area contributed by atoms with Crippen LogP contribution in [0.4, 0.5) is 0 Å². The predicted octanol–water partition coefficient (Wildman–Crippen LogP) is 4.20. The molecule has 0 amide bonds. The van der Waals surface area contributed by atoms with E-state index >= 15 is 0 Å². The lowest BCUT2D eigenvalue weighted by Gasteiger charge is -2.03. The molecule has 1 heterocycles. The van der Waals surface area contributed by atoms with Crippen molar-refractivity contribution in [2.45, 2.75) is 0 Å². The van der Waals surface area contributed by atoms with Crippen LogP contribution in [0.15, 0.2) is 38.6 Å². The lowest BCUT2D eigenvalue weighted by molar-refractivity contribution is 0.0693. The van der Waals surface area contributed by atoms with E-state index in [-0.39, 0.29) is 16.9 Å². The van der Waals surface area contributed by atoms with Crippen LogP contribution < -0.4 is 0 Å². The summed E-state index contributed by atoms with van der Waals surface area (Å²) in [5, 5.41) is 10.8. The number of hydrogen-bond donors (Lipinski definition) is 1. The average Bonchev–Trinajstić information content (AvgIpc) is 2.69. The minimum Gasteiger partial charge on any atom is -0.478 e. The Morgan fingerprint density at radius 1 is 1.11 bits per heavy atom. The summed E-state index contributed by atoms with van der Waals surface area (Å²) in [7, 11) is 0. The van der Waals surface area contributed by atoms with E-state index in [0.717, 1.165) is 4.47 Å². The molecule has 0 radical (unpaired) electrons. The van der Waals surface area contributed by atoms with Gasteiger partial charge in [0.05, 0.1) is 14.9 Å². The van der Waals surface area contributed by atoms with Crippen molar-refractivity contribution >= 4 is 54.9 Å². The zero-order valence-corrected chi connectivity index (χ0v) is 12.8. The van der Waals surface area contributed by atoms with Gasteiger partial charge in [0.1, 0.15) is 0 Å². The Kier molecular flexibility index (Phi) is 3.99. The highest BCUT2D eigenvalue weighted by atomic mass is 79.9. The monoisotopic (exact) mass is 388 g/mol. The highest BCUT2D eigenvalue weighted by Gasteiger charge is 2.21. The van der Waals surface area contributed by atoms with Crippen LogP contribution in [0.5, 0.6) is 0 Å². The number of thiophene rings is 1. The quantitative estimate of drug-likeness (QED) is 0.800. The molecule has 0 unspecified atom stereocenters. The molecule has 0 saturated heterocycles. The van der Waals surface area contributed by atoms with Gasteiger partial charge < -0.3 is 5.11 Å². The molecule has 1 aromatic heterocycles. The van der Waals surface area contributed by atoms with Gasteiger partial charge in [0, 0.05) is 15.4 Å². The van der Waals surface area contributed by atoms with Gasteiger partial charge >= 0.3 is 5.97 Å². The fourth-order valence-electron chi connectivity index (χ4n) is 1.47. The molecule has 0 fully saturated rings. The second-order valence-corrected chi connectivity index (χ2v) is 5.93. The Labute approximate surface area is 124 Å². The molecule has 0 saturated carbocycles. The first-order valence-corrected chi connectivity index (χ1v) is 7.28. The zero-order chi connectivity index (χ0) is 13.3. The van der Waals surface area contributed by atoms with Crippen LogP contribution >= 0.6 is 43.2 Å². The molecule has 1 N–H and O–H groups in total. The summed E-state index contributed by atoms with van der Waals surface area (Å²) in [5.74, 6) is -1.40. The summed E-state index contributed by atoms with van der Waals surface area (Å²) in [5.41, 5.74) is 0.207. The fourth-order valence-corrected chi connectivity index (χ4v) is 3.57. The molecule has 0 aliphatic carbocycles. The minimum atomic E-state index is -1.11. The molecule has 2 aromatic rings. The molecular weight excluding hydrogens is 384 g/mol. The number of carbonyl (C=O) groups is 2. The minimum absolute atomic E-state index is 0.0129. The fraction of sp³-hybridized carbons (Fsp3) is 0. The molecule has 0 bridgehead atoms. The molecule has 0 aliphatic rings. The number of aromatic carboxylic acids is 1. The van der Waals surface area contributed by atoms with E-state index in [4.69, 9.17) is 5.11 Å². The Balaban J connectivity index is 2.53. The van der Waals surface area contributed by atoms with E-state index in [9.17, 15) is 9.59 Å². The number of carboxylic acids is 1. The van der Waals surface area contributed by atoms with E-state index in [1.54, 1.807) is 17.5 Å². The normalized spacial score (nSPS) is 10.3. The number of hydrogen-bond acceptors (Lipinski definition) is 3. The second-order valence-electron chi connectivity index (χ2n) is 3.41. The Hall–Kier alpha value is -0.980. The Bertz CT molecular complexity index is 634. The molecule has 6 heteroatoms. The highest BCUT2D eigenvalue weighted by Crippen LogP contribution is 2.34. The molecule has 92 valence electrons. The predicted molar refractivity (Wildman–Crippen MR) is 76.6 cm³/mol. The van der Waals surface area contributed by atoms with Crippen LogP contribution in [0.1, 0.15) is 25.6 Å². The smallest absolute Gasteiger partial charge is 0.336 e. The summed E-state index contributed by atoms with van der Waals surface area (Å²) in [4.78, 5) is 23.9. The third-order valence-electron chi connectivity index (χ3n) is 2.30. The highest BCUT2D eigenvalue weighted by molar-refractivity contribution is 9.13. The maximum atomic E-state index is 12.3. The number of carboxylic acid groups (broad SMARTS) is 1. The topological polar surface area (TPSA) is 54.4 Å². The van der Waals surface area contributed by atoms with Gasteiger partial charge in [0.2, 0.25) is 5.78 Å². The molecule has 1 aromatic carbocycles. The summed E-state index contributed by atoms with van der Waals surface area (Å²) in [6, 6.07) is 6.19. The van der Waals surface area contributed by atoms with Crippen molar-refractivity contribution < 1.29 is 14.7 Å². The summed E-state index contributed by atoms with van der Waals surface area (Å²) < 4.78 is 1.43. The number of benzene rings is 1. The molecular formula is C12H6Br2O3S. The molecule has 3 nitrogen and oxygen atoms in total. The first-order valence-electron chi connectivity index (χ1n) is 4.82. The number of halogens is 2. The Morgan fingerprint density at radius 3 is 2.22 bits per heavy atom. The number of rotatable bonds is 3. The second kappa shape index (κ2) is 5.34. The standard InChI is InChI=1S/C12H6Br2O3S/c13-8-5-18-11(9(8)14)10(15)6-3-1-2-4-7(6)12(16)17/h1-5H,(H,16,17). The third-order valence-corrected chi connectivity index (χ3v) is 5.82. The third kappa shape index (κ3) is 2.41. The van der Waals surface area contributed by atoms with Crippen LogP contribution in [0, 0.1) is 0 Å². The van der Waals surface area contributed by atoms with Crippen molar-refractivity contribution in [2.75, 3.05) is 0 Å². The van der Waals surface area contributed by atoms with Gasteiger partial charge in [-0.2, -0.15) is 0 Å². The van der Waals surface area contributed by atoms with Crippen molar-refractivity contribution in [3.8, 4) is 0 Å². The zero-order valence-electron chi connectivity index (χ0n) is 8.81. The van der Waals surface area contributed by atoms with Gasteiger partial charge in [-0.05, 0) is 37.9 Å². The van der Waals surface area contributed by atoms with Gasteiger partial charge in [0.15, 0.2) is 0 Å². The largest absolute Gasteiger partial charge is 0.478 e. The van der Waals surface area contributed by atoms with Crippen molar-refractivity contribution in [2.24, 2.45) is 0 Å². The van der Waals surface area contributed by atoms with Crippen LogP contribution in [0.2, 0.25) is 0 Å². The molecule has 2 rings (SSSR count). The van der Waals surface area contributed by atoms with Gasteiger partial charge in [0.25, 0.3) is 0 Å². The molecule has 18 heavy (non-hydrogen) atoms. The molecule has 0 atom stereocenters. The van der Waals surface area contributed by atoms with Crippen LogP contribution in [-0.2, 0) is 0 Å². The van der Waals surface area contributed by atoms with Crippen LogP contribution in [-0.4, -0.2) is 16.9 Å². The van der Waals surface area contributed by atoms with Crippen LogP contribution in [0.25, 0.3) is 0 Å². The van der Waals surface area contributed by atoms with E-state index in [1.807, 2.05) is 0 Å². The Morgan fingerprint density at radius 2 is 1.72 bits per heavy atom. The number of ketones is 1. The average molecular weight is 390 g/mol. The van der Waals surface area contributed by atoms with Crippen LogP contribution in [0.3, 0.4) is 0 Å². The van der Waals surface area contributed by atoms with Gasteiger partial charge in [-0.25, -0.2) is 4.79 Å². The molecule has 0 aliphatic heterocycles. The number of carbonyl (C=O) groups excluding carboxylic acids is 1. The van der Waals surface area contributed by atoms with Crippen molar-refractivity contribution in [3.63, 3.8) is 0 Å². The summed E-state index contributed by atoms with van der Waals surface area (Å²) in [6.45, 7) is 0. The van der Waals surface area contributed by atoms with Gasteiger partial charge in [-0.1, -0.05) is 18.2 Å². The first kappa shape index (κ1) is 13.5. The van der Waals surface area contributed by atoms with Crippen molar-refractivity contribution in [3.05, 3.63) is 54.6 Å². The van der Waals surface area contributed by atoms with E-state index in [2.05, 4.69) is 31.9 Å². The van der Waals surface area contributed by atoms with E-state index < -0.39 is 5.97 Å². The van der Waals surface area contributed by atoms with E-state index in [1.165, 1.54) is 23.5 Å². The van der Waals surface area contributed by atoms with E-state index in [0.29, 0.717) is 9.35 Å². The van der Waals surface area contributed by atoms with Crippen molar-refractivity contribution in [1.29, 1.82) is 0 Å².